The van der Waals surface area contributed by atoms with Crippen molar-refractivity contribution in [2.75, 3.05) is 18.5 Å². The van der Waals surface area contributed by atoms with Gasteiger partial charge in [-0.25, -0.2) is 4.79 Å². The van der Waals surface area contributed by atoms with Crippen LogP contribution in [0.25, 0.3) is 0 Å². The van der Waals surface area contributed by atoms with Gasteiger partial charge in [0.1, 0.15) is 11.7 Å². The van der Waals surface area contributed by atoms with E-state index in [0.29, 0.717) is 24.9 Å². The van der Waals surface area contributed by atoms with Crippen LogP contribution in [0, 0.1) is 0 Å². The van der Waals surface area contributed by atoms with Gasteiger partial charge in [-0.05, 0) is 32.4 Å². The maximum absolute atomic E-state index is 12.5. The highest BCUT2D eigenvalue weighted by atomic mass is 16.5. The summed E-state index contributed by atoms with van der Waals surface area (Å²) < 4.78 is 5.03. The van der Waals surface area contributed by atoms with Crippen LogP contribution >= 0.6 is 0 Å². The Balaban J connectivity index is 1.78. The second kappa shape index (κ2) is 6.74. The van der Waals surface area contributed by atoms with Gasteiger partial charge in [0.2, 0.25) is 5.91 Å². The second-order valence-corrected chi connectivity index (χ2v) is 6.47. The molecule has 2 heterocycles. The lowest BCUT2D eigenvalue weighted by Gasteiger charge is -2.40. The molecule has 1 spiro atoms. The Morgan fingerprint density at radius 2 is 2.04 bits per heavy atom. The van der Waals surface area contributed by atoms with Gasteiger partial charge in [-0.1, -0.05) is 12.1 Å². The highest BCUT2D eigenvalue weighted by Gasteiger charge is 2.41. The van der Waals surface area contributed by atoms with Crippen LogP contribution in [0.1, 0.15) is 43.5 Å². The Morgan fingerprint density at radius 1 is 1.28 bits per heavy atom. The molecule has 7 nitrogen and oxygen atoms in total. The zero-order valence-electron chi connectivity index (χ0n) is 14.5. The summed E-state index contributed by atoms with van der Waals surface area (Å²) in [5.41, 5.74) is 0.690. The topological polar surface area (TPSA) is 87.7 Å². The van der Waals surface area contributed by atoms with Crippen molar-refractivity contribution in [2.24, 2.45) is 0 Å². The molecule has 1 saturated heterocycles. The number of nitrogens with zero attached hydrogens (tertiary/aromatic N) is 1. The van der Waals surface area contributed by atoms with E-state index in [2.05, 4.69) is 10.6 Å². The van der Waals surface area contributed by atoms with Crippen LogP contribution in [0.4, 0.5) is 5.69 Å². The molecule has 1 aromatic carbocycles. The first kappa shape index (κ1) is 17.3. The van der Waals surface area contributed by atoms with Gasteiger partial charge >= 0.3 is 5.97 Å². The molecule has 134 valence electrons. The number of hydrogen-bond donors (Lipinski definition) is 2. The maximum Gasteiger partial charge on any atom is 0.328 e. The van der Waals surface area contributed by atoms with E-state index in [0.717, 1.165) is 5.69 Å². The number of para-hydroxylation sites is 1. The van der Waals surface area contributed by atoms with Crippen LogP contribution in [-0.2, 0) is 14.3 Å². The minimum absolute atomic E-state index is 0.104. The third-order valence-electron chi connectivity index (χ3n) is 4.86. The fraction of sp³-hybridized carbons (Fsp3) is 0.500. The van der Waals surface area contributed by atoms with Gasteiger partial charge in [0.15, 0.2) is 0 Å². The van der Waals surface area contributed by atoms with Gasteiger partial charge in [-0.15, -0.1) is 0 Å². The molecule has 1 fully saturated rings. The summed E-state index contributed by atoms with van der Waals surface area (Å²) in [5.74, 6) is -0.654. The molecule has 0 aliphatic carbocycles. The first-order chi connectivity index (χ1) is 12.0. The smallest absolute Gasteiger partial charge is 0.328 e. The van der Waals surface area contributed by atoms with Crippen molar-refractivity contribution in [2.45, 2.75) is 44.8 Å². The van der Waals surface area contributed by atoms with Gasteiger partial charge in [0.05, 0.1) is 12.2 Å². The minimum Gasteiger partial charge on any atom is -0.464 e. The third kappa shape index (κ3) is 3.31. The maximum atomic E-state index is 12.5. The van der Waals surface area contributed by atoms with Gasteiger partial charge < -0.3 is 20.3 Å². The number of hydrogen-bond acceptors (Lipinski definition) is 5. The normalized spacial score (nSPS) is 24.0. The number of carbonyl (C=O) groups excluding carboxylic acids is 3. The zero-order valence-corrected chi connectivity index (χ0v) is 14.5. The summed E-state index contributed by atoms with van der Waals surface area (Å²) in [6, 6.07) is 6.68. The van der Waals surface area contributed by atoms with E-state index in [4.69, 9.17) is 4.74 Å². The molecule has 25 heavy (non-hydrogen) atoms. The second-order valence-electron chi connectivity index (χ2n) is 6.47. The highest BCUT2D eigenvalue weighted by Crippen LogP contribution is 2.32. The van der Waals surface area contributed by atoms with E-state index in [1.807, 2.05) is 18.2 Å². The van der Waals surface area contributed by atoms with Crippen molar-refractivity contribution in [3.8, 4) is 0 Å². The number of amides is 2. The predicted octanol–water partition coefficient (Wildman–Crippen LogP) is 1.50. The molecule has 0 unspecified atom stereocenters. The van der Waals surface area contributed by atoms with E-state index in [9.17, 15) is 14.4 Å². The summed E-state index contributed by atoms with van der Waals surface area (Å²) in [7, 11) is 0. The first-order valence-corrected chi connectivity index (χ1v) is 8.61. The van der Waals surface area contributed by atoms with Gasteiger partial charge in [0, 0.05) is 25.1 Å². The van der Waals surface area contributed by atoms with Crippen LogP contribution in [0.2, 0.25) is 0 Å². The van der Waals surface area contributed by atoms with Gasteiger partial charge in [0.25, 0.3) is 5.91 Å². The van der Waals surface area contributed by atoms with Crippen molar-refractivity contribution in [3.63, 3.8) is 0 Å². The van der Waals surface area contributed by atoms with Crippen LogP contribution < -0.4 is 10.6 Å². The lowest BCUT2D eigenvalue weighted by Crippen LogP contribution is -2.58. The zero-order chi connectivity index (χ0) is 18.0. The van der Waals surface area contributed by atoms with Gasteiger partial charge in [-0.2, -0.15) is 0 Å². The summed E-state index contributed by atoms with van der Waals surface area (Å²) in [4.78, 5) is 38.5. The van der Waals surface area contributed by atoms with E-state index in [1.54, 1.807) is 24.8 Å². The van der Waals surface area contributed by atoms with E-state index >= 15 is 0 Å². The van der Waals surface area contributed by atoms with E-state index < -0.39 is 17.7 Å². The lowest BCUT2D eigenvalue weighted by molar-refractivity contribution is -0.153. The number of esters is 1. The highest BCUT2D eigenvalue weighted by molar-refractivity contribution is 6.02. The van der Waals surface area contributed by atoms with Crippen molar-refractivity contribution < 1.29 is 19.1 Å². The molecule has 2 N–H and O–H groups in total. The standard InChI is InChI=1S/C18H23N3O4/c1-3-25-17(24)12(2)21-11-10-18(9-8-15(21)22)19-14-7-5-4-6-13(14)16(23)20-18/h4-7,12,19H,3,8-11H2,1-2H3,(H,20,23)/t12-,18-/m0/s1. The largest absolute Gasteiger partial charge is 0.464 e. The Labute approximate surface area is 146 Å². The molecule has 0 aromatic heterocycles. The van der Waals surface area contributed by atoms with Crippen LogP contribution in [-0.4, -0.2) is 47.5 Å². The molecule has 2 aliphatic heterocycles. The molecular formula is C18H23N3O4. The molecule has 2 amide bonds. The van der Waals surface area contributed by atoms with E-state index in [-0.39, 0.29) is 24.8 Å². The number of anilines is 1. The number of carbonyl (C=O) groups is 3. The summed E-state index contributed by atoms with van der Waals surface area (Å²) in [6.45, 7) is 4.07. The molecule has 2 aliphatic rings. The third-order valence-corrected chi connectivity index (χ3v) is 4.86. The number of nitrogens with one attached hydrogen (secondary N) is 2. The molecule has 2 atom stereocenters. The molecule has 1 aromatic rings. The predicted molar refractivity (Wildman–Crippen MR) is 91.9 cm³/mol. The molecule has 7 heteroatoms. The molecular weight excluding hydrogens is 322 g/mol. The van der Waals surface area contributed by atoms with Crippen molar-refractivity contribution in [1.29, 1.82) is 0 Å². The first-order valence-electron chi connectivity index (χ1n) is 8.61. The minimum atomic E-state index is -0.676. The number of rotatable bonds is 3. The molecule has 0 radical (unpaired) electrons. The average Bonchev–Trinajstić information content (AvgIpc) is 2.74. The lowest BCUT2D eigenvalue weighted by atomic mass is 9.95. The van der Waals surface area contributed by atoms with Gasteiger partial charge in [-0.3, -0.25) is 9.59 Å². The summed E-state index contributed by atoms with van der Waals surface area (Å²) >= 11 is 0. The number of benzene rings is 1. The fourth-order valence-corrected chi connectivity index (χ4v) is 3.44. The fourth-order valence-electron chi connectivity index (χ4n) is 3.44. The summed E-state index contributed by atoms with van der Waals surface area (Å²) in [6.07, 6.45) is 1.24. The summed E-state index contributed by atoms with van der Waals surface area (Å²) in [5, 5.41) is 6.41. The Morgan fingerprint density at radius 3 is 2.80 bits per heavy atom. The van der Waals surface area contributed by atoms with E-state index in [1.165, 1.54) is 0 Å². The van der Waals surface area contributed by atoms with Crippen molar-refractivity contribution in [1.82, 2.24) is 10.2 Å². The number of likely N-dealkylation sites (tertiary alicyclic amines) is 1. The Hall–Kier alpha value is -2.57. The van der Waals surface area contributed by atoms with Crippen LogP contribution in [0.3, 0.4) is 0 Å². The quantitative estimate of drug-likeness (QED) is 0.811. The SMILES string of the molecule is CCOC(=O)[C@H](C)N1CC[C@]2(CCC1=O)NC(=O)c1ccccc1N2. The molecule has 3 rings (SSSR count). The Bertz CT molecular complexity index is 705. The van der Waals surface area contributed by atoms with Crippen LogP contribution in [0.5, 0.6) is 0 Å². The molecule has 0 bridgehead atoms. The Kier molecular flexibility index (Phi) is 4.65. The number of fused-ring (bicyclic) bond motifs is 1. The average molecular weight is 345 g/mol. The van der Waals surface area contributed by atoms with Crippen molar-refractivity contribution >= 4 is 23.5 Å². The monoisotopic (exact) mass is 345 g/mol. The van der Waals surface area contributed by atoms with Crippen LogP contribution in [0.15, 0.2) is 24.3 Å². The van der Waals surface area contributed by atoms with Crippen molar-refractivity contribution in [3.05, 3.63) is 29.8 Å². The molecule has 0 saturated carbocycles. The number of ether oxygens (including phenoxy) is 1.